The number of para-hydroxylation sites is 1. The number of Topliss-reactive ketones (excluding diaryl/α,β-unsaturated/α-hetero) is 1. The zero-order valence-electron chi connectivity index (χ0n) is 16.2. The molecule has 0 aromatic heterocycles. The first-order valence-electron chi connectivity index (χ1n) is 9.56. The third-order valence-corrected chi connectivity index (χ3v) is 5.59. The molecule has 0 radical (unpaired) electrons. The summed E-state index contributed by atoms with van der Waals surface area (Å²) in [6.07, 6.45) is 0. The van der Waals surface area contributed by atoms with Gasteiger partial charge in [0.15, 0.2) is 5.78 Å². The fourth-order valence-electron chi connectivity index (χ4n) is 4.11. The first-order chi connectivity index (χ1) is 14.6. The lowest BCUT2D eigenvalue weighted by Crippen LogP contribution is -2.46. The van der Waals surface area contributed by atoms with Crippen LogP contribution < -0.4 is 10.1 Å². The molecule has 0 saturated heterocycles. The monoisotopic (exact) mass is 398 g/mol. The van der Waals surface area contributed by atoms with Crippen LogP contribution in [0.5, 0.6) is 5.75 Å². The van der Waals surface area contributed by atoms with Gasteiger partial charge < -0.3 is 14.9 Å². The summed E-state index contributed by atoms with van der Waals surface area (Å²) in [6.45, 7) is 0. The van der Waals surface area contributed by atoms with Gasteiger partial charge in [-0.15, -0.1) is 0 Å². The number of rotatable bonds is 4. The van der Waals surface area contributed by atoms with Crippen molar-refractivity contribution >= 4 is 23.1 Å². The minimum atomic E-state index is -1.54. The molecule has 0 bridgehead atoms. The number of anilines is 1. The number of carbonyl (C=O) groups excluding carboxylic acids is 2. The number of hydrogen-bond donors (Lipinski definition) is 1. The van der Waals surface area contributed by atoms with Crippen LogP contribution in [0.15, 0.2) is 84.0 Å². The Morgan fingerprint density at radius 3 is 2.43 bits per heavy atom. The molecule has 6 nitrogen and oxygen atoms in total. The van der Waals surface area contributed by atoms with E-state index in [1.807, 2.05) is 30.3 Å². The largest absolute Gasteiger partial charge is 0.497 e. The Bertz CT molecular complexity index is 1170. The van der Waals surface area contributed by atoms with Crippen molar-refractivity contribution in [3.05, 3.63) is 95.6 Å². The van der Waals surface area contributed by atoms with Crippen LogP contribution in [0, 0.1) is 5.92 Å². The summed E-state index contributed by atoms with van der Waals surface area (Å²) >= 11 is 0. The number of methoxy groups -OCH3 is 1. The van der Waals surface area contributed by atoms with Crippen LogP contribution >= 0.6 is 0 Å². The van der Waals surface area contributed by atoms with Crippen molar-refractivity contribution in [2.75, 3.05) is 12.4 Å². The highest BCUT2D eigenvalue weighted by atomic mass is 16.7. The van der Waals surface area contributed by atoms with Gasteiger partial charge in [0.1, 0.15) is 17.4 Å². The van der Waals surface area contributed by atoms with Crippen LogP contribution in [0.1, 0.15) is 21.5 Å². The Morgan fingerprint density at radius 2 is 1.70 bits per heavy atom. The third kappa shape index (κ3) is 2.54. The highest BCUT2D eigenvalue weighted by molar-refractivity contribution is 6.24. The number of hydrogen-bond acceptors (Lipinski definition) is 5. The van der Waals surface area contributed by atoms with Crippen molar-refractivity contribution in [2.24, 2.45) is 11.1 Å². The van der Waals surface area contributed by atoms with Gasteiger partial charge in [0, 0.05) is 22.4 Å². The summed E-state index contributed by atoms with van der Waals surface area (Å²) in [5.41, 5.74) is 1.29. The molecule has 2 atom stereocenters. The molecule has 1 spiro atoms. The van der Waals surface area contributed by atoms with Crippen molar-refractivity contribution in [3.63, 3.8) is 0 Å². The van der Waals surface area contributed by atoms with Gasteiger partial charge in [0.05, 0.1) is 7.11 Å². The topological polar surface area (TPSA) is 77.0 Å². The number of fused-ring (bicyclic) bond motifs is 2. The molecule has 30 heavy (non-hydrogen) atoms. The van der Waals surface area contributed by atoms with Crippen molar-refractivity contribution in [1.82, 2.24) is 0 Å². The van der Waals surface area contributed by atoms with Crippen LogP contribution in [0.2, 0.25) is 0 Å². The summed E-state index contributed by atoms with van der Waals surface area (Å²) in [6, 6.07) is 23.3. The van der Waals surface area contributed by atoms with Crippen LogP contribution in [-0.2, 0) is 15.2 Å². The van der Waals surface area contributed by atoms with E-state index in [0.717, 1.165) is 0 Å². The standard InChI is InChI=1S/C24H18N2O4/c1-29-17-13-11-15(12-14-17)21-20(22(27)16-7-3-2-4-8-16)24(30-26-21)18-9-5-6-10-19(18)25-23(24)28/h2-14,20H,1H3,(H,25,28)/t20-,24-/m0/s1. The minimum absolute atomic E-state index is 0.227. The van der Waals surface area contributed by atoms with E-state index in [9.17, 15) is 9.59 Å². The number of nitrogens with one attached hydrogen (secondary N) is 1. The maximum Gasteiger partial charge on any atom is 0.277 e. The molecular weight excluding hydrogens is 380 g/mol. The Hall–Kier alpha value is -3.93. The highest BCUT2D eigenvalue weighted by Crippen LogP contribution is 2.49. The Morgan fingerprint density at radius 1 is 1.00 bits per heavy atom. The van der Waals surface area contributed by atoms with Crippen LogP contribution in [-0.4, -0.2) is 24.5 Å². The van der Waals surface area contributed by atoms with Gasteiger partial charge in [-0.25, -0.2) is 0 Å². The van der Waals surface area contributed by atoms with Crippen LogP contribution in [0.4, 0.5) is 5.69 Å². The van der Waals surface area contributed by atoms with Gasteiger partial charge >= 0.3 is 0 Å². The normalized spacial score (nSPS) is 21.6. The van der Waals surface area contributed by atoms with Gasteiger partial charge in [-0.05, 0) is 30.3 Å². The lowest BCUT2D eigenvalue weighted by molar-refractivity contribution is -0.140. The molecule has 2 aliphatic heterocycles. The second kappa shape index (κ2) is 6.84. The average Bonchev–Trinajstić information content (AvgIpc) is 3.33. The Balaban J connectivity index is 1.68. The lowest BCUT2D eigenvalue weighted by atomic mass is 9.74. The van der Waals surface area contributed by atoms with E-state index in [1.54, 1.807) is 55.6 Å². The molecule has 1 amide bonds. The molecule has 0 saturated carbocycles. The Kier molecular flexibility index (Phi) is 4.13. The number of ether oxygens (including phenoxy) is 1. The quantitative estimate of drug-likeness (QED) is 0.679. The van der Waals surface area contributed by atoms with Crippen molar-refractivity contribution in [1.29, 1.82) is 0 Å². The van der Waals surface area contributed by atoms with E-state index < -0.39 is 17.4 Å². The van der Waals surface area contributed by atoms with Gasteiger partial charge in [0.25, 0.3) is 11.5 Å². The predicted molar refractivity (Wildman–Crippen MR) is 112 cm³/mol. The van der Waals surface area contributed by atoms with Gasteiger partial charge in [0.2, 0.25) is 0 Å². The van der Waals surface area contributed by atoms with E-state index in [4.69, 9.17) is 9.57 Å². The molecular formula is C24H18N2O4. The average molecular weight is 398 g/mol. The molecule has 1 N–H and O–H groups in total. The third-order valence-electron chi connectivity index (χ3n) is 5.59. The molecule has 0 unspecified atom stereocenters. The Labute approximate surface area is 173 Å². The molecule has 3 aromatic rings. The van der Waals surface area contributed by atoms with Crippen LogP contribution in [0.3, 0.4) is 0 Å². The van der Waals surface area contributed by atoms with Crippen molar-refractivity contribution in [2.45, 2.75) is 5.60 Å². The highest BCUT2D eigenvalue weighted by Gasteiger charge is 2.63. The fourth-order valence-corrected chi connectivity index (χ4v) is 4.11. The molecule has 2 aliphatic rings. The van der Waals surface area contributed by atoms with Crippen LogP contribution in [0.25, 0.3) is 0 Å². The van der Waals surface area contributed by atoms with E-state index in [-0.39, 0.29) is 5.78 Å². The summed E-state index contributed by atoms with van der Waals surface area (Å²) in [4.78, 5) is 32.7. The zero-order chi connectivity index (χ0) is 20.7. The summed E-state index contributed by atoms with van der Waals surface area (Å²) in [7, 11) is 1.59. The van der Waals surface area contributed by atoms with E-state index in [0.29, 0.717) is 33.8 Å². The van der Waals surface area contributed by atoms with Crippen molar-refractivity contribution < 1.29 is 19.2 Å². The number of ketones is 1. The smallest absolute Gasteiger partial charge is 0.277 e. The maximum atomic E-state index is 13.7. The zero-order valence-corrected chi connectivity index (χ0v) is 16.2. The number of nitrogens with zero attached hydrogens (tertiary/aromatic N) is 1. The first kappa shape index (κ1) is 18.1. The number of carbonyl (C=O) groups is 2. The molecule has 0 aliphatic carbocycles. The molecule has 2 heterocycles. The number of oxime groups is 1. The molecule has 148 valence electrons. The van der Waals surface area contributed by atoms with E-state index in [2.05, 4.69) is 10.5 Å². The van der Waals surface area contributed by atoms with Crippen molar-refractivity contribution in [3.8, 4) is 5.75 Å². The molecule has 5 rings (SSSR count). The molecule has 3 aromatic carbocycles. The first-order valence-corrected chi connectivity index (χ1v) is 9.56. The van der Waals surface area contributed by atoms with Gasteiger partial charge in [-0.2, -0.15) is 0 Å². The molecule has 0 fully saturated rings. The fraction of sp³-hybridized carbons (Fsp3) is 0.125. The summed E-state index contributed by atoms with van der Waals surface area (Å²) in [5, 5.41) is 7.12. The molecule has 6 heteroatoms. The SMILES string of the molecule is COc1ccc(C2=NO[C@]3(C(=O)Nc4ccccc43)[C@@H]2C(=O)c2ccccc2)cc1. The van der Waals surface area contributed by atoms with E-state index in [1.165, 1.54) is 0 Å². The second-order valence-corrected chi connectivity index (χ2v) is 7.19. The lowest BCUT2D eigenvalue weighted by Gasteiger charge is -2.26. The summed E-state index contributed by atoms with van der Waals surface area (Å²) < 4.78 is 5.23. The van der Waals surface area contributed by atoms with Gasteiger partial charge in [-0.1, -0.05) is 53.7 Å². The summed E-state index contributed by atoms with van der Waals surface area (Å²) in [5.74, 6) is -0.875. The minimum Gasteiger partial charge on any atom is -0.497 e. The number of amides is 1. The van der Waals surface area contributed by atoms with Gasteiger partial charge in [-0.3, -0.25) is 9.59 Å². The number of benzene rings is 3. The predicted octanol–water partition coefficient (Wildman–Crippen LogP) is 3.78. The van der Waals surface area contributed by atoms with E-state index >= 15 is 0 Å². The maximum absolute atomic E-state index is 13.7. The second-order valence-electron chi connectivity index (χ2n) is 7.19.